The maximum absolute atomic E-state index is 13.2. The van der Waals surface area contributed by atoms with Crippen molar-refractivity contribution in [2.75, 3.05) is 43.1 Å². The molecule has 1 atom stereocenters. The molecule has 0 spiro atoms. The summed E-state index contributed by atoms with van der Waals surface area (Å²) in [4.78, 5) is 19.5. The minimum absolute atomic E-state index is 0.138. The van der Waals surface area contributed by atoms with Gasteiger partial charge in [0.15, 0.2) is 5.65 Å². The quantitative estimate of drug-likeness (QED) is 0.637. The molecule has 2 N–H and O–H groups in total. The Labute approximate surface area is 183 Å². The number of carbonyl (C=O) groups excluding carboxylic acids is 1. The number of hydrogen-bond acceptors (Lipinski definition) is 7. The van der Waals surface area contributed by atoms with Crippen LogP contribution in [0.4, 0.5) is 11.4 Å². The van der Waals surface area contributed by atoms with Gasteiger partial charge in [0.2, 0.25) is 0 Å². The predicted molar refractivity (Wildman–Crippen MR) is 115 cm³/mol. The van der Waals surface area contributed by atoms with Gasteiger partial charge in [-0.25, -0.2) is 9.50 Å². The molecule has 3 aromatic rings. The maximum Gasteiger partial charge on any atom is 0.261 e. The first kappa shape index (κ1) is 20.0. The normalized spacial score (nSPS) is 20.5. The molecule has 1 amide bonds. The summed E-state index contributed by atoms with van der Waals surface area (Å²) in [6.07, 6.45) is 5.33. The Bertz CT molecular complexity index is 1160. The topological polar surface area (TPSA) is 101 Å². The molecule has 4 heterocycles. The van der Waals surface area contributed by atoms with Crippen LogP contribution in [0.25, 0.3) is 5.65 Å². The summed E-state index contributed by atoms with van der Waals surface area (Å²) in [7, 11) is 0. The number of amides is 1. The van der Waals surface area contributed by atoms with E-state index in [1.54, 1.807) is 23.0 Å². The molecular formula is C21H22ClN5O4. The van der Waals surface area contributed by atoms with Crippen molar-refractivity contribution in [1.82, 2.24) is 14.6 Å². The van der Waals surface area contributed by atoms with Gasteiger partial charge in [-0.05, 0) is 19.1 Å². The highest BCUT2D eigenvalue weighted by Crippen LogP contribution is 2.49. The molecule has 2 aliphatic heterocycles. The monoisotopic (exact) mass is 443 g/mol. The number of rotatable bonds is 4. The highest BCUT2D eigenvalue weighted by atomic mass is 35.5. The van der Waals surface area contributed by atoms with Gasteiger partial charge in [-0.3, -0.25) is 4.79 Å². The van der Waals surface area contributed by atoms with E-state index in [0.29, 0.717) is 66.1 Å². The average molecular weight is 444 g/mol. The van der Waals surface area contributed by atoms with E-state index in [0.717, 1.165) is 5.56 Å². The van der Waals surface area contributed by atoms with Gasteiger partial charge in [0.1, 0.15) is 21.9 Å². The van der Waals surface area contributed by atoms with E-state index >= 15 is 0 Å². The lowest BCUT2D eigenvalue weighted by Gasteiger charge is -2.32. The van der Waals surface area contributed by atoms with E-state index in [4.69, 9.17) is 21.1 Å². The van der Waals surface area contributed by atoms with E-state index in [1.807, 2.05) is 13.0 Å². The number of nitrogens with one attached hydrogen (secondary N) is 1. The Morgan fingerprint density at radius 3 is 2.97 bits per heavy atom. The third-order valence-corrected chi connectivity index (χ3v) is 5.97. The minimum atomic E-state index is -0.747. The van der Waals surface area contributed by atoms with Crippen LogP contribution in [0.15, 0.2) is 30.7 Å². The van der Waals surface area contributed by atoms with Crippen LogP contribution in [0.1, 0.15) is 22.8 Å². The van der Waals surface area contributed by atoms with Gasteiger partial charge >= 0.3 is 0 Å². The van der Waals surface area contributed by atoms with Crippen molar-refractivity contribution in [3.63, 3.8) is 0 Å². The van der Waals surface area contributed by atoms with Gasteiger partial charge in [-0.1, -0.05) is 11.6 Å². The molecule has 1 fully saturated rings. The highest BCUT2D eigenvalue weighted by molar-refractivity contribution is 6.36. The Morgan fingerprint density at radius 2 is 2.19 bits per heavy atom. The molecule has 0 saturated carbocycles. The molecule has 10 heteroatoms. The van der Waals surface area contributed by atoms with Crippen molar-refractivity contribution in [3.8, 4) is 5.75 Å². The lowest BCUT2D eigenvalue weighted by Crippen LogP contribution is -2.37. The smallest absolute Gasteiger partial charge is 0.261 e. The van der Waals surface area contributed by atoms with Crippen molar-refractivity contribution in [1.29, 1.82) is 0 Å². The number of fused-ring (bicyclic) bond motifs is 2. The zero-order chi connectivity index (χ0) is 21.6. The molecule has 0 aliphatic carbocycles. The van der Waals surface area contributed by atoms with Crippen molar-refractivity contribution < 1.29 is 19.4 Å². The van der Waals surface area contributed by atoms with Gasteiger partial charge in [0.05, 0.1) is 37.4 Å². The molecule has 2 aromatic heterocycles. The fraction of sp³-hybridized carbons (Fsp3) is 0.381. The number of ether oxygens (including phenoxy) is 2. The molecule has 2 aliphatic rings. The van der Waals surface area contributed by atoms with E-state index in [1.165, 1.54) is 6.20 Å². The van der Waals surface area contributed by atoms with Crippen LogP contribution in [0.2, 0.25) is 5.02 Å². The summed E-state index contributed by atoms with van der Waals surface area (Å²) in [6.45, 7) is 4.09. The highest BCUT2D eigenvalue weighted by Gasteiger charge is 2.38. The summed E-state index contributed by atoms with van der Waals surface area (Å²) in [6, 6.07) is 3.63. The molecule has 0 bridgehead atoms. The molecule has 0 radical (unpaired) electrons. The number of hydrogen-bond donors (Lipinski definition) is 2. The fourth-order valence-electron chi connectivity index (χ4n) is 4.06. The fourth-order valence-corrected chi connectivity index (χ4v) is 4.44. The summed E-state index contributed by atoms with van der Waals surface area (Å²) in [5, 5.41) is 17.4. The van der Waals surface area contributed by atoms with Crippen LogP contribution in [-0.2, 0) is 11.2 Å². The van der Waals surface area contributed by atoms with Gasteiger partial charge in [0.25, 0.3) is 5.91 Å². The van der Waals surface area contributed by atoms with E-state index in [2.05, 4.69) is 20.3 Å². The Hall–Kier alpha value is -2.88. The molecular weight excluding hydrogens is 422 g/mol. The number of anilines is 2. The molecule has 31 heavy (non-hydrogen) atoms. The third kappa shape index (κ3) is 3.48. The van der Waals surface area contributed by atoms with E-state index in [-0.39, 0.29) is 12.5 Å². The summed E-state index contributed by atoms with van der Waals surface area (Å²) in [5.41, 5.74) is 2.19. The minimum Gasteiger partial charge on any atom is -0.483 e. The van der Waals surface area contributed by atoms with Gasteiger partial charge in [-0.15, -0.1) is 0 Å². The van der Waals surface area contributed by atoms with Crippen molar-refractivity contribution >= 4 is 34.5 Å². The summed E-state index contributed by atoms with van der Waals surface area (Å²) >= 11 is 6.81. The van der Waals surface area contributed by atoms with Crippen molar-refractivity contribution in [2.45, 2.75) is 18.9 Å². The Balaban J connectivity index is 1.56. The van der Waals surface area contributed by atoms with Gasteiger partial charge < -0.3 is 24.8 Å². The SMILES string of the molecule is C[C@@]1(CO)Cc2cc(NC(=O)c3cnn4cccnc34)c(N3CCOCC3)c(Cl)c2O1. The second-order valence-electron chi connectivity index (χ2n) is 7.96. The average Bonchev–Trinajstić information content (AvgIpc) is 3.36. The molecule has 5 rings (SSSR count). The molecule has 1 saturated heterocycles. The molecule has 1 aromatic carbocycles. The lowest BCUT2D eigenvalue weighted by atomic mass is 9.99. The third-order valence-electron chi connectivity index (χ3n) is 5.62. The van der Waals surface area contributed by atoms with Crippen LogP contribution < -0.4 is 15.0 Å². The summed E-state index contributed by atoms with van der Waals surface area (Å²) in [5.74, 6) is 0.221. The predicted octanol–water partition coefficient (Wildman–Crippen LogP) is 2.16. The van der Waals surface area contributed by atoms with Crippen LogP contribution in [-0.4, -0.2) is 64.1 Å². The second-order valence-corrected chi connectivity index (χ2v) is 8.34. The first-order valence-corrected chi connectivity index (χ1v) is 10.4. The van der Waals surface area contributed by atoms with Gasteiger partial charge in [-0.2, -0.15) is 5.10 Å². The lowest BCUT2D eigenvalue weighted by molar-refractivity contribution is 0.0447. The second kappa shape index (κ2) is 7.67. The number of aromatic nitrogens is 3. The number of morpholine rings is 1. The maximum atomic E-state index is 13.2. The standard InChI is InChI=1S/C21H22ClN5O4/c1-21(12-28)10-13-9-15(17(16(22)18(13)31-21)26-5-7-30-8-6-26)25-20(29)14-11-24-27-4-2-3-23-19(14)27/h2-4,9,11,28H,5-8,10,12H2,1H3,(H,25,29)/t21-/m0/s1. The van der Waals surface area contributed by atoms with Crippen LogP contribution >= 0.6 is 11.6 Å². The largest absolute Gasteiger partial charge is 0.483 e. The van der Waals surface area contributed by atoms with Crippen LogP contribution in [0.3, 0.4) is 0 Å². The van der Waals surface area contributed by atoms with Crippen molar-refractivity contribution in [2.24, 2.45) is 0 Å². The zero-order valence-corrected chi connectivity index (χ0v) is 17.7. The van der Waals surface area contributed by atoms with E-state index < -0.39 is 5.60 Å². The number of nitrogens with zero attached hydrogens (tertiary/aromatic N) is 4. The number of aliphatic hydroxyl groups excluding tert-OH is 1. The van der Waals surface area contributed by atoms with Crippen molar-refractivity contribution in [3.05, 3.63) is 46.9 Å². The Kier molecular flexibility index (Phi) is 4.96. The number of halogens is 1. The zero-order valence-electron chi connectivity index (χ0n) is 17.0. The Morgan fingerprint density at radius 1 is 1.39 bits per heavy atom. The first-order chi connectivity index (χ1) is 15.0. The van der Waals surface area contributed by atoms with Crippen LogP contribution in [0, 0.1) is 0 Å². The van der Waals surface area contributed by atoms with E-state index in [9.17, 15) is 9.90 Å². The number of carbonyl (C=O) groups is 1. The number of aliphatic hydroxyl groups is 1. The van der Waals surface area contributed by atoms with Crippen LogP contribution in [0.5, 0.6) is 5.75 Å². The molecule has 162 valence electrons. The number of benzene rings is 1. The first-order valence-electron chi connectivity index (χ1n) is 10.1. The van der Waals surface area contributed by atoms with Gasteiger partial charge in [0, 0.05) is 37.5 Å². The summed E-state index contributed by atoms with van der Waals surface area (Å²) < 4.78 is 13.0. The molecule has 0 unspecified atom stereocenters. The molecule has 9 nitrogen and oxygen atoms in total.